The Kier molecular flexibility index (Phi) is 6.61. The zero-order chi connectivity index (χ0) is 22.6. The lowest BCUT2D eigenvalue weighted by molar-refractivity contribution is 0.0398. The monoisotopic (exact) mass is 453 g/mol. The quantitative estimate of drug-likeness (QED) is 0.588. The van der Waals surface area contributed by atoms with E-state index in [0.29, 0.717) is 43.3 Å². The van der Waals surface area contributed by atoms with Crippen LogP contribution >= 0.6 is 0 Å². The molecule has 4 heterocycles. The van der Waals surface area contributed by atoms with Crippen LogP contribution in [0.3, 0.4) is 0 Å². The van der Waals surface area contributed by atoms with Crippen LogP contribution in [0.1, 0.15) is 6.42 Å². The summed E-state index contributed by atoms with van der Waals surface area (Å²) in [6, 6.07) is 8.17. The number of morpholine rings is 1. The molecule has 2 aromatic heterocycles. The fraction of sp³-hybridized carbons (Fsp3) is 0.458. The SMILES string of the molecule is O=c1c(NCCN2CCOCC2)nc2ncc(-c3ccc(F)cc3)cc2n1CC1CCOC1. The molecule has 0 aliphatic carbocycles. The van der Waals surface area contributed by atoms with Crippen LogP contribution in [0, 0.1) is 11.7 Å². The molecule has 33 heavy (non-hydrogen) atoms. The van der Waals surface area contributed by atoms with Crippen molar-refractivity contribution in [1.29, 1.82) is 0 Å². The van der Waals surface area contributed by atoms with Crippen LogP contribution in [-0.2, 0) is 16.0 Å². The van der Waals surface area contributed by atoms with E-state index in [-0.39, 0.29) is 17.3 Å². The summed E-state index contributed by atoms with van der Waals surface area (Å²) in [7, 11) is 0. The first-order valence-corrected chi connectivity index (χ1v) is 11.5. The highest BCUT2D eigenvalue weighted by Gasteiger charge is 2.21. The Morgan fingerprint density at radius 3 is 2.67 bits per heavy atom. The first kappa shape index (κ1) is 21.9. The zero-order valence-corrected chi connectivity index (χ0v) is 18.5. The second-order valence-corrected chi connectivity index (χ2v) is 8.56. The van der Waals surface area contributed by atoms with Gasteiger partial charge in [0.15, 0.2) is 11.5 Å². The van der Waals surface area contributed by atoms with Gasteiger partial charge in [-0.2, -0.15) is 0 Å². The van der Waals surface area contributed by atoms with Crippen molar-refractivity contribution in [3.05, 3.63) is 52.7 Å². The second kappa shape index (κ2) is 9.94. The maximum Gasteiger partial charge on any atom is 0.293 e. The first-order valence-electron chi connectivity index (χ1n) is 11.5. The third kappa shape index (κ3) is 5.05. The molecule has 2 saturated heterocycles. The van der Waals surface area contributed by atoms with Gasteiger partial charge in [-0.1, -0.05) is 12.1 Å². The number of nitrogens with zero attached hydrogens (tertiary/aromatic N) is 4. The molecule has 0 amide bonds. The Bertz CT molecular complexity index is 1160. The molecule has 0 bridgehead atoms. The Morgan fingerprint density at radius 1 is 1.09 bits per heavy atom. The fourth-order valence-corrected chi connectivity index (χ4v) is 4.36. The second-order valence-electron chi connectivity index (χ2n) is 8.56. The van der Waals surface area contributed by atoms with Gasteiger partial charge in [-0.3, -0.25) is 9.69 Å². The maximum atomic E-state index is 13.4. The summed E-state index contributed by atoms with van der Waals surface area (Å²) < 4.78 is 26.1. The Morgan fingerprint density at radius 2 is 1.91 bits per heavy atom. The van der Waals surface area contributed by atoms with E-state index in [1.54, 1.807) is 22.9 Å². The molecule has 1 unspecified atom stereocenters. The summed E-state index contributed by atoms with van der Waals surface area (Å²) in [5.74, 6) is 0.292. The normalized spacial score (nSPS) is 19.2. The smallest absolute Gasteiger partial charge is 0.293 e. The summed E-state index contributed by atoms with van der Waals surface area (Å²) in [5, 5.41) is 3.23. The van der Waals surface area contributed by atoms with E-state index in [9.17, 15) is 9.18 Å². The highest BCUT2D eigenvalue weighted by molar-refractivity contribution is 5.79. The summed E-state index contributed by atoms with van der Waals surface area (Å²) in [6.07, 6.45) is 2.63. The van der Waals surface area contributed by atoms with Crippen molar-refractivity contribution < 1.29 is 13.9 Å². The fourth-order valence-electron chi connectivity index (χ4n) is 4.36. The van der Waals surface area contributed by atoms with Crippen LogP contribution in [0.5, 0.6) is 0 Å². The topological polar surface area (TPSA) is 81.5 Å². The third-order valence-corrected chi connectivity index (χ3v) is 6.27. The molecular weight excluding hydrogens is 425 g/mol. The van der Waals surface area contributed by atoms with Gasteiger partial charge >= 0.3 is 0 Å². The van der Waals surface area contributed by atoms with Crippen LogP contribution in [-0.4, -0.2) is 72.0 Å². The number of halogens is 1. The predicted molar refractivity (Wildman–Crippen MR) is 124 cm³/mol. The van der Waals surface area contributed by atoms with Gasteiger partial charge in [0.1, 0.15) is 5.82 Å². The van der Waals surface area contributed by atoms with E-state index >= 15 is 0 Å². The number of nitrogens with one attached hydrogen (secondary N) is 1. The number of aromatic nitrogens is 3. The van der Waals surface area contributed by atoms with E-state index in [4.69, 9.17) is 9.47 Å². The van der Waals surface area contributed by atoms with Crippen LogP contribution in [0.25, 0.3) is 22.3 Å². The molecule has 1 N–H and O–H groups in total. The number of benzene rings is 1. The Balaban J connectivity index is 1.46. The lowest BCUT2D eigenvalue weighted by Crippen LogP contribution is -2.39. The van der Waals surface area contributed by atoms with Gasteiger partial charge in [0.25, 0.3) is 5.56 Å². The summed E-state index contributed by atoms with van der Waals surface area (Å²) in [4.78, 5) is 24.8. The zero-order valence-electron chi connectivity index (χ0n) is 18.5. The van der Waals surface area contributed by atoms with Crippen molar-refractivity contribution in [2.24, 2.45) is 5.92 Å². The van der Waals surface area contributed by atoms with Crippen LogP contribution in [0.2, 0.25) is 0 Å². The average Bonchev–Trinajstić information content (AvgIpc) is 3.36. The van der Waals surface area contributed by atoms with Crippen molar-refractivity contribution >= 4 is 17.0 Å². The van der Waals surface area contributed by atoms with E-state index < -0.39 is 0 Å². The number of hydrogen-bond acceptors (Lipinski definition) is 7. The van der Waals surface area contributed by atoms with E-state index in [0.717, 1.165) is 50.4 Å². The number of anilines is 1. The van der Waals surface area contributed by atoms with Crippen LogP contribution in [0.4, 0.5) is 10.2 Å². The minimum atomic E-state index is -0.292. The van der Waals surface area contributed by atoms with E-state index in [2.05, 4.69) is 20.2 Å². The lowest BCUT2D eigenvalue weighted by atomic mass is 10.1. The van der Waals surface area contributed by atoms with Crippen LogP contribution < -0.4 is 10.9 Å². The molecule has 3 aromatic rings. The molecule has 8 nitrogen and oxygen atoms in total. The third-order valence-electron chi connectivity index (χ3n) is 6.27. The van der Waals surface area contributed by atoms with Gasteiger partial charge in [-0.25, -0.2) is 14.4 Å². The van der Waals surface area contributed by atoms with Gasteiger partial charge < -0.3 is 19.4 Å². The van der Waals surface area contributed by atoms with Gasteiger partial charge in [0.05, 0.1) is 25.3 Å². The molecule has 0 saturated carbocycles. The van der Waals surface area contributed by atoms with Crippen molar-refractivity contribution in [2.75, 3.05) is 57.9 Å². The summed E-state index contributed by atoms with van der Waals surface area (Å²) >= 11 is 0. The number of hydrogen-bond donors (Lipinski definition) is 1. The molecule has 174 valence electrons. The number of fused-ring (bicyclic) bond motifs is 1. The van der Waals surface area contributed by atoms with Gasteiger partial charge in [0.2, 0.25) is 0 Å². The minimum Gasteiger partial charge on any atom is -0.381 e. The first-order chi connectivity index (χ1) is 16.2. The standard InChI is InChI=1S/C24H28FN5O3/c25-20-3-1-18(2-4-20)19-13-21-22(27-14-19)28-23(26-6-7-29-8-11-32-12-9-29)24(31)30(21)15-17-5-10-33-16-17/h1-4,13-14,17H,5-12,15-16H2,(H,26,27,28). The lowest BCUT2D eigenvalue weighted by Gasteiger charge is -2.26. The highest BCUT2D eigenvalue weighted by atomic mass is 19.1. The molecule has 0 radical (unpaired) electrons. The number of pyridine rings is 1. The van der Waals surface area contributed by atoms with Gasteiger partial charge in [-0.05, 0) is 30.2 Å². The minimum absolute atomic E-state index is 0.158. The van der Waals surface area contributed by atoms with Crippen molar-refractivity contribution in [1.82, 2.24) is 19.4 Å². The molecule has 0 spiro atoms. The van der Waals surface area contributed by atoms with Crippen molar-refractivity contribution in [2.45, 2.75) is 13.0 Å². The molecule has 2 fully saturated rings. The Hall–Kier alpha value is -2.88. The molecular formula is C24H28FN5O3. The largest absolute Gasteiger partial charge is 0.381 e. The van der Waals surface area contributed by atoms with Crippen LogP contribution in [0.15, 0.2) is 41.3 Å². The highest BCUT2D eigenvalue weighted by Crippen LogP contribution is 2.24. The van der Waals surface area contributed by atoms with E-state index in [1.807, 2.05) is 6.07 Å². The van der Waals surface area contributed by atoms with Gasteiger partial charge in [-0.15, -0.1) is 0 Å². The number of ether oxygens (including phenoxy) is 2. The predicted octanol–water partition coefficient (Wildman–Crippen LogP) is 2.38. The molecule has 1 aromatic carbocycles. The Labute approximate surface area is 191 Å². The molecule has 1 atom stereocenters. The number of rotatable bonds is 7. The molecule has 2 aliphatic rings. The average molecular weight is 454 g/mol. The summed E-state index contributed by atoms with van der Waals surface area (Å²) in [5.41, 5.74) is 2.67. The molecule has 5 rings (SSSR count). The van der Waals surface area contributed by atoms with Crippen molar-refractivity contribution in [3.8, 4) is 11.1 Å². The van der Waals surface area contributed by atoms with Crippen molar-refractivity contribution in [3.63, 3.8) is 0 Å². The maximum absolute atomic E-state index is 13.4. The van der Waals surface area contributed by atoms with E-state index in [1.165, 1.54) is 12.1 Å². The molecule has 9 heteroatoms. The summed E-state index contributed by atoms with van der Waals surface area (Å²) in [6.45, 7) is 6.61. The van der Waals surface area contributed by atoms with Gasteiger partial charge in [0, 0.05) is 57.0 Å². The molecule has 2 aliphatic heterocycles.